The van der Waals surface area contributed by atoms with Gasteiger partial charge in [-0.3, -0.25) is 43.4 Å². The van der Waals surface area contributed by atoms with Gasteiger partial charge in [-0.25, -0.2) is 9.59 Å². The highest BCUT2D eigenvalue weighted by molar-refractivity contribution is 6.32. The normalized spacial score (nSPS) is 23.7. The SMILES string of the molecule is CC(=O)Nc1ccc(C(=O)OCOC(=O)N(CC(=O)Nc2cc(N(C)C)c3c(c2O)C(=O)C2C(=O)[C@]4(O)C(=O)C(C(N)=O)C(=O)[C@@H](N(C)C)[C@@H]4C[C@@H]2C3)C(C)(C)C)cc1. The predicted octanol–water partition coefficient (Wildman–Crippen LogP) is 0.882. The van der Waals surface area contributed by atoms with Crippen LogP contribution in [0.4, 0.5) is 21.9 Å². The number of rotatable bonds is 10. The number of hydrogen-bond donors (Lipinski definition) is 5. The number of anilines is 3. The summed E-state index contributed by atoms with van der Waals surface area (Å²) < 4.78 is 10.2. The van der Waals surface area contributed by atoms with Crippen LogP contribution >= 0.6 is 0 Å². The largest absolute Gasteiger partial charge is 0.505 e. The van der Waals surface area contributed by atoms with E-state index >= 15 is 0 Å². The number of aromatic hydroxyl groups is 1. The fraction of sp³-hybridized carbons (Fsp3) is 0.475. The van der Waals surface area contributed by atoms with Crippen LogP contribution in [0.3, 0.4) is 0 Å². The zero-order valence-corrected chi connectivity index (χ0v) is 33.9. The van der Waals surface area contributed by atoms with E-state index in [1.165, 1.54) is 56.3 Å². The molecule has 2 saturated carbocycles. The van der Waals surface area contributed by atoms with Crippen molar-refractivity contribution >= 4 is 70.0 Å². The zero-order valence-electron chi connectivity index (χ0n) is 33.9. The van der Waals surface area contributed by atoms with Crippen LogP contribution in [0.1, 0.15) is 60.4 Å². The van der Waals surface area contributed by atoms with E-state index in [4.69, 9.17) is 15.2 Å². The number of phenols is 1. The first-order valence-electron chi connectivity index (χ1n) is 18.6. The number of likely N-dealkylation sites (N-methyl/N-ethyl adjacent to an activating group) is 1. The average molecular weight is 821 g/mol. The molecule has 0 radical (unpaired) electrons. The van der Waals surface area contributed by atoms with Crippen LogP contribution in [-0.4, -0.2) is 132 Å². The molecule has 4 amide bonds. The first-order valence-corrected chi connectivity index (χ1v) is 18.6. The Morgan fingerprint density at radius 1 is 0.949 bits per heavy atom. The Kier molecular flexibility index (Phi) is 12.1. The quantitative estimate of drug-likeness (QED) is 0.0964. The Morgan fingerprint density at radius 3 is 2.12 bits per heavy atom. The van der Waals surface area contributed by atoms with Gasteiger partial charge in [0, 0.05) is 43.9 Å². The van der Waals surface area contributed by atoms with Crippen molar-refractivity contribution in [1.29, 1.82) is 0 Å². The highest BCUT2D eigenvalue weighted by Gasteiger charge is 2.69. The Bertz CT molecular complexity index is 2140. The smallest absolute Gasteiger partial charge is 0.413 e. The number of carbonyl (C=O) groups excluding carboxylic acids is 9. The van der Waals surface area contributed by atoms with Crippen molar-refractivity contribution < 1.29 is 62.8 Å². The molecular weight excluding hydrogens is 772 g/mol. The lowest BCUT2D eigenvalue weighted by Crippen LogP contribution is -2.74. The minimum atomic E-state index is -2.91. The predicted molar refractivity (Wildman–Crippen MR) is 208 cm³/mol. The monoisotopic (exact) mass is 820 g/mol. The number of benzene rings is 2. The number of Topliss-reactive ketones (excluding diaryl/α,β-unsaturated/α-hetero) is 4. The molecule has 3 aliphatic rings. The third-order valence-electron chi connectivity index (χ3n) is 10.9. The average Bonchev–Trinajstić information content (AvgIpc) is 3.12. The molecule has 0 bridgehead atoms. The summed E-state index contributed by atoms with van der Waals surface area (Å²) in [5.74, 6) is -14.3. The fourth-order valence-electron chi connectivity index (χ4n) is 8.24. The number of ketones is 4. The molecule has 2 aromatic rings. The van der Waals surface area contributed by atoms with Crippen LogP contribution in [0.25, 0.3) is 0 Å². The number of carbonyl (C=O) groups is 9. The molecule has 0 aliphatic heterocycles. The van der Waals surface area contributed by atoms with E-state index in [1.54, 1.807) is 39.8 Å². The first kappa shape index (κ1) is 43.9. The van der Waals surface area contributed by atoms with Gasteiger partial charge in [-0.1, -0.05) is 0 Å². The van der Waals surface area contributed by atoms with E-state index in [0.717, 1.165) is 4.90 Å². The molecule has 0 saturated heterocycles. The van der Waals surface area contributed by atoms with E-state index in [9.17, 15) is 53.4 Å². The van der Waals surface area contributed by atoms with Gasteiger partial charge in [0.15, 0.2) is 34.7 Å². The number of hydrogen-bond acceptors (Lipinski definition) is 15. The van der Waals surface area contributed by atoms with Crippen molar-refractivity contribution in [3.63, 3.8) is 0 Å². The number of phenolic OH excluding ortho intramolecular Hbond substituents is 1. The Morgan fingerprint density at radius 2 is 1.58 bits per heavy atom. The standard InChI is InChI=1S/C40H48N6O13/c1-18(47)42-21-11-9-19(10-12-21)37(55)58-17-59-38(56)46(39(2,3)4)16-26(48)43-24-15-25(44(5)6)22-13-20-14-23-30(45(7)8)33(51)29(36(41)54)35(53)40(23,57)34(52)27(20)32(50)28(22)31(24)49/h9-12,15,20,23,27,29-30,49,57H,13-14,16-17H2,1-8H3,(H2,41,54)(H,42,47)(H,43,48)/t20-,23-,27?,29?,30-,40-/m0/s1. The number of primary amides is 1. The second kappa shape index (κ2) is 16.2. The van der Waals surface area contributed by atoms with Crippen molar-refractivity contribution in [2.45, 2.75) is 57.7 Å². The zero-order chi connectivity index (χ0) is 44.0. The summed E-state index contributed by atoms with van der Waals surface area (Å²) >= 11 is 0. The second-order valence-corrected chi connectivity index (χ2v) is 16.4. The highest BCUT2D eigenvalue weighted by atomic mass is 16.7. The van der Waals surface area contributed by atoms with Crippen molar-refractivity contribution in [3.8, 4) is 5.75 Å². The maximum absolute atomic E-state index is 14.4. The van der Waals surface area contributed by atoms with E-state index in [1.807, 2.05) is 0 Å². The number of aliphatic hydroxyl groups is 1. The van der Waals surface area contributed by atoms with Crippen LogP contribution in [0.15, 0.2) is 30.3 Å². The van der Waals surface area contributed by atoms with Gasteiger partial charge in [-0.2, -0.15) is 0 Å². The van der Waals surface area contributed by atoms with Gasteiger partial charge in [0.2, 0.25) is 24.5 Å². The molecule has 2 fully saturated rings. The highest BCUT2D eigenvalue weighted by Crippen LogP contribution is 2.52. The Labute approximate surface area is 339 Å². The van der Waals surface area contributed by atoms with Crippen LogP contribution in [0.2, 0.25) is 0 Å². The summed E-state index contributed by atoms with van der Waals surface area (Å²) in [4.78, 5) is 123. The van der Waals surface area contributed by atoms with Gasteiger partial charge in [0.25, 0.3) is 0 Å². The molecule has 59 heavy (non-hydrogen) atoms. The number of fused-ring (bicyclic) bond motifs is 3. The number of esters is 1. The molecule has 0 spiro atoms. The van der Waals surface area contributed by atoms with Gasteiger partial charge in [-0.05, 0) is 89.5 Å². The van der Waals surface area contributed by atoms with Gasteiger partial charge in [0.1, 0.15) is 12.3 Å². The van der Waals surface area contributed by atoms with Gasteiger partial charge >= 0.3 is 12.1 Å². The minimum absolute atomic E-state index is 0.00225. The molecule has 0 aromatic heterocycles. The molecule has 5 rings (SSSR count). The van der Waals surface area contributed by atoms with Crippen molar-refractivity contribution in [3.05, 3.63) is 47.0 Å². The van der Waals surface area contributed by atoms with E-state index in [-0.39, 0.29) is 35.6 Å². The molecular formula is C40H48N6O13. The van der Waals surface area contributed by atoms with E-state index in [2.05, 4.69) is 10.6 Å². The maximum atomic E-state index is 14.4. The van der Waals surface area contributed by atoms with Crippen molar-refractivity contribution in [1.82, 2.24) is 9.80 Å². The summed E-state index contributed by atoms with van der Waals surface area (Å²) in [6, 6.07) is 5.93. The lowest BCUT2D eigenvalue weighted by atomic mass is 9.52. The number of nitrogens with two attached hydrogens (primary N) is 1. The minimum Gasteiger partial charge on any atom is -0.505 e. The van der Waals surface area contributed by atoms with Crippen LogP contribution in [-0.2, 0) is 44.7 Å². The maximum Gasteiger partial charge on any atom is 0.413 e. The summed E-state index contributed by atoms with van der Waals surface area (Å²) in [6.07, 6.45) is -1.17. The topological polar surface area (TPSA) is 272 Å². The van der Waals surface area contributed by atoms with E-state index in [0.29, 0.717) is 16.9 Å². The first-order chi connectivity index (χ1) is 27.4. The Balaban J connectivity index is 1.37. The molecule has 2 aromatic carbocycles. The number of nitrogens with one attached hydrogen (secondary N) is 2. The fourth-order valence-corrected chi connectivity index (χ4v) is 8.24. The van der Waals surface area contributed by atoms with Crippen LogP contribution in [0, 0.1) is 23.7 Å². The summed E-state index contributed by atoms with van der Waals surface area (Å²) in [6.45, 7) is 4.71. The third kappa shape index (κ3) is 8.11. The number of ether oxygens (including phenoxy) is 2. The van der Waals surface area contributed by atoms with Gasteiger partial charge < -0.3 is 41.0 Å². The lowest BCUT2D eigenvalue weighted by molar-refractivity contribution is -0.181. The molecule has 19 nitrogen and oxygen atoms in total. The molecule has 2 unspecified atom stereocenters. The summed E-state index contributed by atoms with van der Waals surface area (Å²) in [5, 5.41) is 28.6. The number of amides is 4. The third-order valence-corrected chi connectivity index (χ3v) is 10.9. The lowest BCUT2D eigenvalue weighted by Gasteiger charge is -2.52. The Hall–Kier alpha value is -6.21. The van der Waals surface area contributed by atoms with Gasteiger partial charge in [-0.15, -0.1) is 0 Å². The second-order valence-electron chi connectivity index (χ2n) is 16.4. The molecule has 316 valence electrons. The van der Waals surface area contributed by atoms with Crippen molar-refractivity contribution in [2.75, 3.05) is 57.1 Å². The van der Waals surface area contributed by atoms with Crippen molar-refractivity contribution in [2.24, 2.45) is 29.4 Å². The summed E-state index contributed by atoms with van der Waals surface area (Å²) in [5.41, 5.74) is 2.12. The van der Waals surface area contributed by atoms with Crippen LogP contribution in [0.5, 0.6) is 5.75 Å². The van der Waals surface area contributed by atoms with Gasteiger partial charge in [0.05, 0.1) is 28.8 Å². The molecule has 6 N–H and O–H groups in total. The molecule has 0 heterocycles. The molecule has 6 atom stereocenters. The summed E-state index contributed by atoms with van der Waals surface area (Å²) in [7, 11) is 6.28. The number of nitrogens with zero attached hydrogens (tertiary/aromatic N) is 3. The molecule has 3 aliphatic carbocycles. The molecule has 19 heteroatoms. The van der Waals surface area contributed by atoms with E-state index < -0.39 is 107 Å². The van der Waals surface area contributed by atoms with Crippen LogP contribution < -0.4 is 21.3 Å².